The number of anilines is 1. The fourth-order valence-corrected chi connectivity index (χ4v) is 4.10. The van der Waals surface area contributed by atoms with Crippen molar-refractivity contribution in [2.45, 2.75) is 12.8 Å². The van der Waals surface area contributed by atoms with Gasteiger partial charge in [-0.05, 0) is 30.2 Å². The predicted octanol–water partition coefficient (Wildman–Crippen LogP) is 5.71. The number of thiazole rings is 1. The summed E-state index contributed by atoms with van der Waals surface area (Å²) in [6.45, 7) is -0.367. The molecule has 4 rings (SSSR count). The lowest BCUT2D eigenvalue weighted by Crippen LogP contribution is -2.21. The third-order valence-corrected chi connectivity index (χ3v) is 6.10. The molecule has 0 aliphatic rings. The summed E-state index contributed by atoms with van der Waals surface area (Å²) in [5.41, 5.74) is 3.51. The number of amides is 1. The molecule has 0 saturated heterocycles. The summed E-state index contributed by atoms with van der Waals surface area (Å²) < 4.78 is 5.09. The molecule has 31 heavy (non-hydrogen) atoms. The maximum absolute atomic E-state index is 12.1. The van der Waals surface area contributed by atoms with E-state index in [-0.39, 0.29) is 13.0 Å². The molecular weight excluding hydrogens is 457 g/mol. The van der Waals surface area contributed by atoms with Crippen molar-refractivity contribution in [3.05, 3.63) is 69.7 Å². The van der Waals surface area contributed by atoms with Gasteiger partial charge in [0.05, 0.1) is 15.7 Å². The Morgan fingerprint density at radius 3 is 2.81 bits per heavy atom. The molecule has 2 aromatic heterocycles. The molecule has 0 bridgehead atoms. The number of aromatic nitrogens is 2. The van der Waals surface area contributed by atoms with Crippen LogP contribution < -0.4 is 5.32 Å². The normalized spacial score (nSPS) is 10.9. The number of halogens is 2. The highest BCUT2D eigenvalue weighted by atomic mass is 35.5. The maximum atomic E-state index is 12.1. The van der Waals surface area contributed by atoms with Crippen LogP contribution in [0.3, 0.4) is 0 Å². The van der Waals surface area contributed by atoms with Crippen LogP contribution in [-0.4, -0.2) is 28.5 Å². The first-order valence-corrected chi connectivity index (χ1v) is 11.0. The second kappa shape index (κ2) is 9.51. The Morgan fingerprint density at radius 1 is 1.13 bits per heavy atom. The number of para-hydroxylation sites is 1. The van der Waals surface area contributed by atoms with Crippen LogP contribution in [0.5, 0.6) is 0 Å². The smallest absolute Gasteiger partial charge is 0.306 e. The van der Waals surface area contributed by atoms with Crippen LogP contribution in [0.2, 0.25) is 10.0 Å². The van der Waals surface area contributed by atoms with Crippen LogP contribution in [0.4, 0.5) is 5.13 Å². The van der Waals surface area contributed by atoms with Crippen molar-refractivity contribution in [3.8, 4) is 11.3 Å². The number of nitrogens with one attached hydrogen (secondary N) is 2. The zero-order chi connectivity index (χ0) is 21.8. The van der Waals surface area contributed by atoms with E-state index in [1.54, 1.807) is 23.6 Å². The number of hydrogen-bond donors (Lipinski definition) is 2. The van der Waals surface area contributed by atoms with Crippen LogP contribution in [0, 0.1) is 0 Å². The van der Waals surface area contributed by atoms with Crippen LogP contribution >= 0.6 is 34.5 Å². The summed E-state index contributed by atoms with van der Waals surface area (Å²) in [7, 11) is 0. The number of ether oxygens (including phenoxy) is 1. The summed E-state index contributed by atoms with van der Waals surface area (Å²) in [6.07, 6.45) is 2.61. The quantitative estimate of drug-likeness (QED) is 0.336. The first-order chi connectivity index (χ1) is 15.0. The van der Waals surface area contributed by atoms with E-state index in [0.29, 0.717) is 27.3 Å². The molecule has 0 radical (unpaired) electrons. The van der Waals surface area contributed by atoms with Gasteiger partial charge >= 0.3 is 5.97 Å². The summed E-state index contributed by atoms with van der Waals surface area (Å²) in [4.78, 5) is 31.7. The number of aryl methyl sites for hydroxylation is 1. The molecule has 2 heterocycles. The molecule has 0 spiro atoms. The van der Waals surface area contributed by atoms with E-state index in [9.17, 15) is 9.59 Å². The lowest BCUT2D eigenvalue weighted by atomic mass is 10.1. The largest absolute Gasteiger partial charge is 0.456 e. The molecule has 0 aliphatic heterocycles. The van der Waals surface area contributed by atoms with Gasteiger partial charge in [-0.2, -0.15) is 0 Å². The molecule has 0 saturated carbocycles. The van der Waals surface area contributed by atoms with Gasteiger partial charge < -0.3 is 9.72 Å². The Hall–Kier alpha value is -2.87. The van der Waals surface area contributed by atoms with Gasteiger partial charge in [0.25, 0.3) is 5.91 Å². The number of rotatable bonds is 7. The van der Waals surface area contributed by atoms with Crippen molar-refractivity contribution in [2.75, 3.05) is 11.9 Å². The third-order valence-electron chi connectivity index (χ3n) is 4.60. The van der Waals surface area contributed by atoms with E-state index >= 15 is 0 Å². The molecule has 2 N–H and O–H groups in total. The number of hydrogen-bond acceptors (Lipinski definition) is 5. The van der Waals surface area contributed by atoms with E-state index in [1.807, 2.05) is 30.5 Å². The first kappa shape index (κ1) is 21.4. The Morgan fingerprint density at radius 2 is 1.97 bits per heavy atom. The third kappa shape index (κ3) is 5.25. The van der Waals surface area contributed by atoms with Crippen molar-refractivity contribution in [1.29, 1.82) is 0 Å². The average Bonchev–Trinajstić information content (AvgIpc) is 3.40. The molecule has 9 heteroatoms. The summed E-state index contributed by atoms with van der Waals surface area (Å²) in [6, 6.07) is 13.1. The van der Waals surface area contributed by atoms with Crippen LogP contribution in [0.15, 0.2) is 54.0 Å². The van der Waals surface area contributed by atoms with Gasteiger partial charge in [-0.15, -0.1) is 11.3 Å². The molecule has 6 nitrogen and oxygen atoms in total. The molecule has 0 aliphatic carbocycles. The van der Waals surface area contributed by atoms with Crippen LogP contribution in [0.25, 0.3) is 22.2 Å². The number of carbonyl (C=O) groups excluding carboxylic acids is 2. The fraction of sp³-hybridized carbons (Fsp3) is 0.136. The minimum absolute atomic E-state index is 0.188. The highest BCUT2D eigenvalue weighted by Crippen LogP contribution is 2.30. The molecule has 1 amide bonds. The highest BCUT2D eigenvalue weighted by Gasteiger charge is 2.12. The predicted molar refractivity (Wildman–Crippen MR) is 124 cm³/mol. The molecule has 158 valence electrons. The summed E-state index contributed by atoms with van der Waals surface area (Å²) in [5, 5.41) is 6.80. The second-order valence-electron chi connectivity index (χ2n) is 6.74. The van der Waals surface area contributed by atoms with Crippen LogP contribution in [-0.2, 0) is 20.7 Å². The standard InChI is InChI=1S/C22H17Cl2N3O3S/c23-16-7-5-13(9-17(16)24)19-12-31-22(26-19)27-20(28)11-30-21(29)8-6-14-10-25-18-4-2-1-3-15(14)18/h1-5,7,9-10,12,25H,6,8,11H2,(H,26,27,28). The monoisotopic (exact) mass is 473 g/mol. The van der Waals surface area contributed by atoms with E-state index in [4.69, 9.17) is 27.9 Å². The lowest BCUT2D eigenvalue weighted by Gasteiger charge is -2.05. The Labute approximate surface area is 192 Å². The molecular formula is C22H17Cl2N3O3S. The molecule has 0 unspecified atom stereocenters. The zero-order valence-electron chi connectivity index (χ0n) is 16.2. The van der Waals surface area contributed by atoms with Gasteiger partial charge in [0.15, 0.2) is 11.7 Å². The number of carbonyl (C=O) groups is 2. The van der Waals surface area contributed by atoms with Crippen LogP contribution in [0.1, 0.15) is 12.0 Å². The van der Waals surface area contributed by atoms with E-state index in [0.717, 1.165) is 22.0 Å². The molecule has 0 fully saturated rings. The minimum Gasteiger partial charge on any atom is -0.456 e. The van der Waals surface area contributed by atoms with Crippen molar-refractivity contribution in [2.24, 2.45) is 0 Å². The van der Waals surface area contributed by atoms with Gasteiger partial charge in [-0.1, -0.05) is 47.5 Å². The van der Waals surface area contributed by atoms with Gasteiger partial charge in [0.1, 0.15) is 0 Å². The number of fused-ring (bicyclic) bond motifs is 1. The Kier molecular flexibility index (Phi) is 6.56. The maximum Gasteiger partial charge on any atom is 0.306 e. The molecule has 2 aromatic carbocycles. The van der Waals surface area contributed by atoms with E-state index < -0.39 is 11.9 Å². The van der Waals surface area contributed by atoms with Gasteiger partial charge in [0.2, 0.25) is 0 Å². The molecule has 0 atom stereocenters. The second-order valence-corrected chi connectivity index (χ2v) is 8.41. The van der Waals surface area contributed by atoms with Gasteiger partial charge in [0, 0.05) is 34.5 Å². The number of benzene rings is 2. The average molecular weight is 474 g/mol. The SMILES string of the molecule is O=C(COC(=O)CCc1c[nH]c2ccccc12)Nc1nc(-c2ccc(Cl)c(Cl)c2)cs1. The summed E-state index contributed by atoms with van der Waals surface area (Å²) >= 11 is 13.2. The van der Waals surface area contributed by atoms with Crippen molar-refractivity contribution < 1.29 is 14.3 Å². The van der Waals surface area contributed by atoms with Crippen molar-refractivity contribution in [1.82, 2.24) is 9.97 Å². The van der Waals surface area contributed by atoms with E-state index in [1.165, 1.54) is 11.3 Å². The van der Waals surface area contributed by atoms with Crippen molar-refractivity contribution in [3.63, 3.8) is 0 Å². The Balaban J connectivity index is 1.26. The van der Waals surface area contributed by atoms with Gasteiger partial charge in [-0.3, -0.25) is 14.9 Å². The number of H-pyrrole nitrogens is 1. The molecule has 4 aromatic rings. The minimum atomic E-state index is -0.449. The topological polar surface area (TPSA) is 84.1 Å². The zero-order valence-corrected chi connectivity index (χ0v) is 18.5. The van der Waals surface area contributed by atoms with Crippen molar-refractivity contribution >= 4 is 62.4 Å². The fourth-order valence-electron chi connectivity index (χ4n) is 3.07. The van der Waals surface area contributed by atoms with Gasteiger partial charge in [-0.25, -0.2) is 4.98 Å². The lowest BCUT2D eigenvalue weighted by molar-refractivity contribution is -0.147. The number of nitrogens with zero attached hydrogens (tertiary/aromatic N) is 1. The summed E-state index contributed by atoms with van der Waals surface area (Å²) in [5.74, 6) is -0.883. The highest BCUT2D eigenvalue weighted by molar-refractivity contribution is 7.14. The number of esters is 1. The van der Waals surface area contributed by atoms with E-state index in [2.05, 4.69) is 15.3 Å². The Bertz CT molecular complexity index is 1250. The first-order valence-electron chi connectivity index (χ1n) is 9.41. The number of aromatic amines is 1.